The molecule has 1 aromatic heterocycles. The molecule has 0 aliphatic carbocycles. The predicted molar refractivity (Wildman–Crippen MR) is 59.8 cm³/mol. The largest absolute Gasteiger partial charge is 0.468 e. The van der Waals surface area contributed by atoms with Crippen LogP contribution in [0, 0.1) is 0 Å². The quantitative estimate of drug-likeness (QED) is 0.741. The van der Waals surface area contributed by atoms with Crippen molar-refractivity contribution in [2.45, 2.75) is 12.5 Å². The molecule has 1 aromatic carbocycles. The molecule has 1 unspecified atom stereocenters. The van der Waals surface area contributed by atoms with Gasteiger partial charge in [-0.2, -0.15) is 5.10 Å². The molecule has 0 radical (unpaired) electrons. The summed E-state index contributed by atoms with van der Waals surface area (Å²) in [5.41, 5.74) is 7.60. The van der Waals surface area contributed by atoms with Crippen LogP contribution < -0.4 is 5.73 Å². The first-order valence-corrected chi connectivity index (χ1v) is 4.96. The number of carbonyl (C=O) groups is 1. The summed E-state index contributed by atoms with van der Waals surface area (Å²) < 4.78 is 4.57. The van der Waals surface area contributed by atoms with E-state index in [0.29, 0.717) is 6.42 Å². The molecule has 5 nitrogen and oxygen atoms in total. The molecule has 0 aliphatic rings. The fourth-order valence-corrected chi connectivity index (χ4v) is 1.60. The van der Waals surface area contributed by atoms with Crippen molar-refractivity contribution >= 4 is 16.9 Å². The third-order valence-corrected chi connectivity index (χ3v) is 2.47. The van der Waals surface area contributed by atoms with Crippen LogP contribution in [0.1, 0.15) is 5.56 Å². The number of carbonyl (C=O) groups excluding carboxylic acids is 1. The van der Waals surface area contributed by atoms with Gasteiger partial charge in [-0.15, -0.1) is 0 Å². The van der Waals surface area contributed by atoms with Crippen LogP contribution in [0.2, 0.25) is 0 Å². The smallest absolute Gasteiger partial charge is 0.322 e. The first-order valence-electron chi connectivity index (χ1n) is 4.96. The van der Waals surface area contributed by atoms with E-state index in [-0.39, 0.29) is 0 Å². The summed E-state index contributed by atoms with van der Waals surface area (Å²) in [5, 5.41) is 7.83. The van der Waals surface area contributed by atoms with Crippen molar-refractivity contribution in [1.29, 1.82) is 0 Å². The van der Waals surface area contributed by atoms with E-state index in [0.717, 1.165) is 16.5 Å². The van der Waals surface area contributed by atoms with Gasteiger partial charge in [0.2, 0.25) is 0 Å². The minimum Gasteiger partial charge on any atom is -0.468 e. The molecule has 2 rings (SSSR count). The molecule has 0 fully saturated rings. The van der Waals surface area contributed by atoms with Crippen molar-refractivity contribution in [3.8, 4) is 0 Å². The van der Waals surface area contributed by atoms with Gasteiger partial charge in [-0.3, -0.25) is 9.89 Å². The van der Waals surface area contributed by atoms with Crippen molar-refractivity contribution in [3.05, 3.63) is 30.0 Å². The monoisotopic (exact) mass is 219 g/mol. The number of rotatable bonds is 3. The van der Waals surface area contributed by atoms with Crippen molar-refractivity contribution in [1.82, 2.24) is 10.2 Å². The Morgan fingerprint density at radius 1 is 1.62 bits per heavy atom. The molecule has 0 saturated heterocycles. The molecule has 1 atom stereocenters. The number of hydrogen-bond donors (Lipinski definition) is 2. The number of nitrogens with one attached hydrogen (secondary N) is 1. The third kappa shape index (κ3) is 2.04. The zero-order valence-electron chi connectivity index (χ0n) is 8.93. The maximum atomic E-state index is 11.2. The lowest BCUT2D eigenvalue weighted by Crippen LogP contribution is -2.33. The molecule has 2 aromatic rings. The molecule has 5 heteroatoms. The second-order valence-electron chi connectivity index (χ2n) is 3.63. The number of aromatic nitrogens is 2. The number of hydrogen-bond acceptors (Lipinski definition) is 4. The van der Waals surface area contributed by atoms with Gasteiger partial charge in [-0.25, -0.2) is 0 Å². The summed E-state index contributed by atoms with van der Waals surface area (Å²) in [6.45, 7) is 0. The van der Waals surface area contributed by atoms with Crippen LogP contribution in [0.4, 0.5) is 0 Å². The number of methoxy groups -OCH3 is 1. The summed E-state index contributed by atoms with van der Waals surface area (Å²) in [6.07, 6.45) is 2.21. The van der Waals surface area contributed by atoms with Gasteiger partial charge in [-0.1, -0.05) is 12.1 Å². The third-order valence-electron chi connectivity index (χ3n) is 2.47. The molecule has 1 heterocycles. The number of esters is 1. The lowest BCUT2D eigenvalue weighted by atomic mass is 10.1. The van der Waals surface area contributed by atoms with Crippen LogP contribution in [0.15, 0.2) is 24.4 Å². The lowest BCUT2D eigenvalue weighted by molar-refractivity contribution is -0.142. The Balaban J connectivity index is 2.17. The van der Waals surface area contributed by atoms with Crippen LogP contribution in [0.3, 0.4) is 0 Å². The molecular formula is C11H13N3O2. The Morgan fingerprint density at radius 2 is 2.44 bits per heavy atom. The lowest BCUT2D eigenvalue weighted by Gasteiger charge is -2.08. The minimum absolute atomic E-state index is 0.398. The Labute approximate surface area is 92.6 Å². The van der Waals surface area contributed by atoms with Crippen LogP contribution >= 0.6 is 0 Å². The van der Waals surface area contributed by atoms with Gasteiger partial charge in [0.15, 0.2) is 0 Å². The standard InChI is InChI=1S/C11H13N3O2/c1-16-11(15)9(12)4-7-2-3-8-6-13-14-10(8)5-7/h2-3,5-6,9H,4,12H2,1H3,(H,13,14). The van der Waals surface area contributed by atoms with Crippen LogP contribution in [-0.2, 0) is 16.0 Å². The van der Waals surface area contributed by atoms with Crippen molar-refractivity contribution in [3.63, 3.8) is 0 Å². The molecule has 84 valence electrons. The molecule has 0 bridgehead atoms. The van der Waals surface area contributed by atoms with Gasteiger partial charge in [0.25, 0.3) is 0 Å². The van der Waals surface area contributed by atoms with Gasteiger partial charge < -0.3 is 10.5 Å². The average molecular weight is 219 g/mol. The van der Waals surface area contributed by atoms with E-state index in [1.165, 1.54) is 7.11 Å². The Morgan fingerprint density at radius 3 is 3.19 bits per heavy atom. The Kier molecular flexibility index (Phi) is 2.87. The van der Waals surface area contributed by atoms with E-state index >= 15 is 0 Å². The molecule has 0 aliphatic heterocycles. The highest BCUT2D eigenvalue weighted by molar-refractivity contribution is 5.79. The van der Waals surface area contributed by atoms with Gasteiger partial charge in [0.1, 0.15) is 6.04 Å². The van der Waals surface area contributed by atoms with Crippen molar-refractivity contribution < 1.29 is 9.53 Å². The number of H-pyrrole nitrogens is 1. The van der Waals surface area contributed by atoms with E-state index in [1.807, 2.05) is 18.2 Å². The summed E-state index contributed by atoms with van der Waals surface area (Å²) in [7, 11) is 1.33. The molecule has 0 saturated carbocycles. The van der Waals surface area contributed by atoms with Gasteiger partial charge in [0, 0.05) is 5.39 Å². The highest BCUT2D eigenvalue weighted by Crippen LogP contribution is 2.13. The first kappa shape index (κ1) is 10.6. The zero-order chi connectivity index (χ0) is 11.5. The molecule has 3 N–H and O–H groups in total. The van der Waals surface area contributed by atoms with E-state index < -0.39 is 12.0 Å². The SMILES string of the molecule is COC(=O)C(N)Cc1ccc2cn[nH]c2c1. The molecule has 0 amide bonds. The van der Waals surface area contributed by atoms with Crippen LogP contribution in [0.25, 0.3) is 10.9 Å². The van der Waals surface area contributed by atoms with Gasteiger partial charge >= 0.3 is 5.97 Å². The Bertz CT molecular complexity index is 507. The number of aromatic amines is 1. The molecule has 0 spiro atoms. The first-order chi connectivity index (χ1) is 7.70. The molecular weight excluding hydrogens is 206 g/mol. The number of fused-ring (bicyclic) bond motifs is 1. The Hall–Kier alpha value is -1.88. The van der Waals surface area contributed by atoms with Crippen LogP contribution in [0.5, 0.6) is 0 Å². The number of nitrogens with zero attached hydrogens (tertiary/aromatic N) is 1. The summed E-state index contributed by atoms with van der Waals surface area (Å²) in [5.74, 6) is -0.398. The van der Waals surface area contributed by atoms with Gasteiger partial charge in [-0.05, 0) is 18.1 Å². The number of nitrogens with two attached hydrogens (primary N) is 1. The maximum Gasteiger partial charge on any atom is 0.322 e. The van der Waals surface area contributed by atoms with Gasteiger partial charge in [0.05, 0.1) is 18.8 Å². The normalized spacial score (nSPS) is 12.6. The molecule has 16 heavy (non-hydrogen) atoms. The van der Waals surface area contributed by atoms with Crippen molar-refractivity contribution in [2.75, 3.05) is 7.11 Å². The summed E-state index contributed by atoms with van der Waals surface area (Å²) in [6, 6.07) is 5.19. The predicted octanol–water partition coefficient (Wildman–Crippen LogP) is 0.606. The zero-order valence-corrected chi connectivity index (χ0v) is 8.93. The second kappa shape index (κ2) is 4.32. The summed E-state index contributed by atoms with van der Waals surface area (Å²) >= 11 is 0. The highest BCUT2D eigenvalue weighted by Gasteiger charge is 2.14. The minimum atomic E-state index is -0.620. The fraction of sp³-hybridized carbons (Fsp3) is 0.273. The number of benzene rings is 1. The van der Waals surface area contributed by atoms with E-state index in [1.54, 1.807) is 6.20 Å². The van der Waals surface area contributed by atoms with E-state index in [9.17, 15) is 4.79 Å². The maximum absolute atomic E-state index is 11.2. The van der Waals surface area contributed by atoms with Crippen molar-refractivity contribution in [2.24, 2.45) is 5.73 Å². The summed E-state index contributed by atoms with van der Waals surface area (Å²) in [4.78, 5) is 11.2. The van der Waals surface area contributed by atoms with Crippen LogP contribution in [-0.4, -0.2) is 29.3 Å². The van der Waals surface area contributed by atoms with E-state index in [4.69, 9.17) is 5.73 Å². The van der Waals surface area contributed by atoms with E-state index in [2.05, 4.69) is 14.9 Å². The topological polar surface area (TPSA) is 81.0 Å². The fourth-order valence-electron chi connectivity index (χ4n) is 1.60. The average Bonchev–Trinajstić information content (AvgIpc) is 2.75. The second-order valence-corrected chi connectivity index (χ2v) is 3.63. The number of ether oxygens (including phenoxy) is 1. The highest BCUT2D eigenvalue weighted by atomic mass is 16.5.